The van der Waals surface area contributed by atoms with Crippen LogP contribution in [0.2, 0.25) is 0 Å². The second-order valence-corrected chi connectivity index (χ2v) is 6.13. The lowest BCUT2D eigenvalue weighted by atomic mass is 10.1. The van der Waals surface area contributed by atoms with E-state index in [2.05, 4.69) is 41.9 Å². The molecule has 1 aromatic heterocycles. The minimum absolute atomic E-state index is 0.465. The number of methoxy groups -OCH3 is 1. The molecule has 0 aliphatic heterocycles. The van der Waals surface area contributed by atoms with Gasteiger partial charge in [0.1, 0.15) is 5.75 Å². The van der Waals surface area contributed by atoms with Crippen LogP contribution < -0.4 is 10.1 Å². The first kappa shape index (κ1) is 12.5. The summed E-state index contributed by atoms with van der Waals surface area (Å²) in [6.45, 7) is 2.13. The molecule has 3 heteroatoms. The van der Waals surface area contributed by atoms with Crippen molar-refractivity contribution < 1.29 is 4.74 Å². The Kier molecular flexibility index (Phi) is 3.47. The fourth-order valence-corrected chi connectivity index (χ4v) is 3.28. The minimum Gasteiger partial charge on any atom is -0.497 e. The molecule has 1 unspecified atom stereocenters. The van der Waals surface area contributed by atoms with Crippen LogP contribution in [0.5, 0.6) is 5.75 Å². The first-order valence-electron chi connectivity index (χ1n) is 6.72. The summed E-state index contributed by atoms with van der Waals surface area (Å²) in [6, 6.07) is 11.1. The van der Waals surface area contributed by atoms with Crippen LogP contribution in [0.4, 0.5) is 5.69 Å². The molecule has 2 nitrogen and oxygen atoms in total. The number of anilines is 1. The van der Waals surface area contributed by atoms with Crippen molar-refractivity contribution in [2.45, 2.75) is 25.8 Å². The Morgan fingerprint density at radius 1 is 1.32 bits per heavy atom. The van der Waals surface area contributed by atoms with Crippen LogP contribution in [0.1, 0.15) is 29.3 Å². The van der Waals surface area contributed by atoms with E-state index in [4.69, 9.17) is 4.74 Å². The molecule has 0 saturated heterocycles. The molecule has 1 aliphatic rings. The molecule has 0 radical (unpaired) electrons. The maximum atomic E-state index is 5.26. The molecule has 3 rings (SSSR count). The van der Waals surface area contributed by atoms with Gasteiger partial charge in [0.15, 0.2) is 0 Å². The number of rotatable bonds is 5. The number of aryl methyl sites for hydroxylation is 1. The summed E-state index contributed by atoms with van der Waals surface area (Å²) < 4.78 is 5.26. The van der Waals surface area contributed by atoms with Crippen LogP contribution in [0.3, 0.4) is 0 Å². The second kappa shape index (κ2) is 5.25. The zero-order valence-corrected chi connectivity index (χ0v) is 12.2. The topological polar surface area (TPSA) is 21.3 Å². The Morgan fingerprint density at radius 2 is 2.16 bits per heavy atom. The zero-order valence-electron chi connectivity index (χ0n) is 11.3. The van der Waals surface area contributed by atoms with E-state index in [1.54, 1.807) is 7.11 Å². The fraction of sp³-hybridized carbons (Fsp3) is 0.375. The Balaban J connectivity index is 1.82. The van der Waals surface area contributed by atoms with E-state index in [0.29, 0.717) is 6.04 Å². The SMILES string of the molecule is COc1ccc(NC(c2cccs2)C2CC2)c(C)c1. The van der Waals surface area contributed by atoms with Crippen molar-refractivity contribution in [2.24, 2.45) is 5.92 Å². The second-order valence-electron chi connectivity index (χ2n) is 5.16. The smallest absolute Gasteiger partial charge is 0.119 e. The minimum atomic E-state index is 0.465. The predicted octanol–water partition coefficient (Wildman–Crippen LogP) is 4.63. The van der Waals surface area contributed by atoms with Crippen molar-refractivity contribution in [3.05, 3.63) is 46.2 Å². The van der Waals surface area contributed by atoms with Crippen LogP contribution in [-0.2, 0) is 0 Å². The highest BCUT2D eigenvalue weighted by atomic mass is 32.1. The van der Waals surface area contributed by atoms with Crippen LogP contribution in [0, 0.1) is 12.8 Å². The van der Waals surface area contributed by atoms with Gasteiger partial charge in [-0.2, -0.15) is 0 Å². The molecule has 1 atom stereocenters. The molecular formula is C16H19NOS. The van der Waals surface area contributed by atoms with Gasteiger partial charge in [0.05, 0.1) is 13.2 Å². The lowest BCUT2D eigenvalue weighted by molar-refractivity contribution is 0.414. The lowest BCUT2D eigenvalue weighted by Crippen LogP contribution is -2.12. The van der Waals surface area contributed by atoms with Crippen molar-refractivity contribution in [1.82, 2.24) is 0 Å². The molecule has 0 bridgehead atoms. The molecule has 1 N–H and O–H groups in total. The summed E-state index contributed by atoms with van der Waals surface area (Å²) in [5, 5.41) is 5.88. The van der Waals surface area contributed by atoms with Gasteiger partial charge in [-0.25, -0.2) is 0 Å². The third kappa shape index (κ3) is 2.76. The molecule has 1 saturated carbocycles. The average molecular weight is 273 g/mol. The van der Waals surface area contributed by atoms with Crippen molar-refractivity contribution in [3.63, 3.8) is 0 Å². The van der Waals surface area contributed by atoms with Gasteiger partial charge >= 0.3 is 0 Å². The van der Waals surface area contributed by atoms with E-state index < -0.39 is 0 Å². The molecule has 1 aliphatic carbocycles. The van der Waals surface area contributed by atoms with Crippen LogP contribution in [0.15, 0.2) is 35.7 Å². The molecule has 0 spiro atoms. The maximum Gasteiger partial charge on any atom is 0.119 e. The molecule has 19 heavy (non-hydrogen) atoms. The summed E-state index contributed by atoms with van der Waals surface area (Å²) in [7, 11) is 1.71. The molecule has 2 aromatic rings. The summed E-state index contributed by atoms with van der Waals surface area (Å²) in [6.07, 6.45) is 2.68. The maximum absolute atomic E-state index is 5.26. The number of ether oxygens (including phenoxy) is 1. The first-order valence-corrected chi connectivity index (χ1v) is 7.60. The van der Waals surface area contributed by atoms with Gasteiger partial charge in [-0.1, -0.05) is 6.07 Å². The Bertz CT molecular complexity index is 546. The standard InChI is InChI=1S/C16H19NOS/c1-11-10-13(18-2)7-8-14(11)17-16(12-5-6-12)15-4-3-9-19-15/h3-4,7-10,12,16-17H,5-6H2,1-2H3. The fourth-order valence-electron chi connectivity index (χ4n) is 2.41. The van der Waals surface area contributed by atoms with Crippen molar-refractivity contribution in [3.8, 4) is 5.75 Å². The number of nitrogens with one attached hydrogen (secondary N) is 1. The van der Waals surface area contributed by atoms with Gasteiger partial charge in [-0.3, -0.25) is 0 Å². The molecule has 1 fully saturated rings. The van der Waals surface area contributed by atoms with E-state index in [1.807, 2.05) is 17.4 Å². The van der Waals surface area contributed by atoms with Crippen LogP contribution in [0.25, 0.3) is 0 Å². The summed E-state index contributed by atoms with van der Waals surface area (Å²) in [5.74, 6) is 1.71. The van der Waals surface area contributed by atoms with Crippen molar-refractivity contribution in [1.29, 1.82) is 0 Å². The highest BCUT2D eigenvalue weighted by Crippen LogP contribution is 2.44. The highest BCUT2D eigenvalue weighted by molar-refractivity contribution is 7.10. The average Bonchev–Trinajstić information content (AvgIpc) is 3.11. The van der Waals surface area contributed by atoms with Crippen molar-refractivity contribution >= 4 is 17.0 Å². The molecule has 1 aromatic carbocycles. The number of thiophene rings is 1. The van der Waals surface area contributed by atoms with Gasteiger partial charge < -0.3 is 10.1 Å². The first-order chi connectivity index (χ1) is 9.28. The summed E-state index contributed by atoms with van der Waals surface area (Å²) >= 11 is 1.84. The largest absolute Gasteiger partial charge is 0.497 e. The Morgan fingerprint density at radius 3 is 2.74 bits per heavy atom. The third-order valence-electron chi connectivity index (χ3n) is 3.69. The molecule has 1 heterocycles. The number of hydrogen-bond donors (Lipinski definition) is 1. The predicted molar refractivity (Wildman–Crippen MR) is 81.1 cm³/mol. The number of benzene rings is 1. The van der Waals surface area contributed by atoms with Gasteiger partial charge in [0.2, 0.25) is 0 Å². The molecule has 0 amide bonds. The van der Waals surface area contributed by atoms with E-state index in [1.165, 1.54) is 29.0 Å². The number of hydrogen-bond acceptors (Lipinski definition) is 3. The van der Waals surface area contributed by atoms with E-state index in [-0.39, 0.29) is 0 Å². The summed E-state index contributed by atoms with van der Waals surface area (Å²) in [4.78, 5) is 1.44. The monoisotopic (exact) mass is 273 g/mol. The normalized spacial score (nSPS) is 16.1. The molecular weight excluding hydrogens is 254 g/mol. The Hall–Kier alpha value is -1.48. The van der Waals surface area contributed by atoms with Gasteiger partial charge in [0, 0.05) is 10.6 Å². The quantitative estimate of drug-likeness (QED) is 0.857. The van der Waals surface area contributed by atoms with Crippen LogP contribution >= 0.6 is 11.3 Å². The van der Waals surface area contributed by atoms with Gasteiger partial charge in [0.25, 0.3) is 0 Å². The highest BCUT2D eigenvalue weighted by Gasteiger charge is 2.33. The van der Waals surface area contributed by atoms with Gasteiger partial charge in [-0.15, -0.1) is 11.3 Å². The van der Waals surface area contributed by atoms with Crippen LogP contribution in [-0.4, -0.2) is 7.11 Å². The van der Waals surface area contributed by atoms with Crippen molar-refractivity contribution in [2.75, 3.05) is 12.4 Å². The third-order valence-corrected chi connectivity index (χ3v) is 4.64. The lowest BCUT2D eigenvalue weighted by Gasteiger charge is -2.20. The zero-order chi connectivity index (χ0) is 13.2. The van der Waals surface area contributed by atoms with Gasteiger partial charge in [-0.05, 0) is 60.9 Å². The Labute approximate surface area is 118 Å². The van der Waals surface area contributed by atoms with E-state index in [9.17, 15) is 0 Å². The van der Waals surface area contributed by atoms with E-state index in [0.717, 1.165) is 11.7 Å². The van der Waals surface area contributed by atoms with E-state index >= 15 is 0 Å². The summed E-state index contributed by atoms with van der Waals surface area (Å²) in [5.41, 5.74) is 2.45. The molecule has 100 valence electrons.